The highest BCUT2D eigenvalue weighted by Crippen LogP contribution is 2.05. The lowest BCUT2D eigenvalue weighted by atomic mass is 10.2. The highest BCUT2D eigenvalue weighted by Gasteiger charge is 1.93. The molecule has 0 bridgehead atoms. The van der Waals surface area contributed by atoms with E-state index in [0.29, 0.717) is 5.92 Å². The molecule has 0 aliphatic carbocycles. The summed E-state index contributed by atoms with van der Waals surface area (Å²) in [6.07, 6.45) is 6.42. The Morgan fingerprint density at radius 3 is 2.50 bits per heavy atom. The zero-order chi connectivity index (χ0) is 9.23. The van der Waals surface area contributed by atoms with Crippen LogP contribution in [0.4, 0.5) is 0 Å². The fourth-order valence-corrected chi connectivity index (χ4v) is 0.998. The summed E-state index contributed by atoms with van der Waals surface area (Å²) in [7, 11) is 0. The second-order valence-electron chi connectivity index (χ2n) is 3.74. The van der Waals surface area contributed by atoms with Crippen molar-refractivity contribution in [1.82, 2.24) is 0 Å². The first-order chi connectivity index (χ1) is 5.77. The first-order valence-corrected chi connectivity index (χ1v) is 5.20. The summed E-state index contributed by atoms with van der Waals surface area (Å²) in [6.45, 7) is 9.41. The van der Waals surface area contributed by atoms with Gasteiger partial charge in [-0.1, -0.05) is 46.5 Å². The first-order valence-electron chi connectivity index (χ1n) is 5.20. The average Bonchev–Trinajstić information content (AvgIpc) is 2.02. The predicted molar refractivity (Wildman–Crippen MR) is 53.8 cm³/mol. The summed E-state index contributed by atoms with van der Waals surface area (Å²) in [5, 5.41) is 0. The zero-order valence-electron chi connectivity index (χ0n) is 8.81. The minimum Gasteiger partial charge on any atom is -0.375 e. The van der Waals surface area contributed by atoms with E-state index in [0.717, 1.165) is 13.0 Å². The zero-order valence-corrected chi connectivity index (χ0v) is 8.81. The van der Waals surface area contributed by atoms with Crippen molar-refractivity contribution >= 4 is 0 Å². The Labute approximate surface area is 77.5 Å². The molecule has 0 aromatic heterocycles. The van der Waals surface area contributed by atoms with E-state index in [4.69, 9.17) is 4.74 Å². The van der Waals surface area contributed by atoms with Gasteiger partial charge in [0, 0.05) is 6.61 Å². The Hall–Kier alpha value is -0.0400. The van der Waals surface area contributed by atoms with Crippen LogP contribution in [0.1, 0.15) is 52.9 Å². The highest BCUT2D eigenvalue weighted by molar-refractivity contribution is 4.52. The van der Waals surface area contributed by atoms with E-state index in [9.17, 15) is 0 Å². The molecule has 0 atom stereocenters. The minimum absolute atomic E-state index is 0.650. The lowest BCUT2D eigenvalue weighted by Crippen LogP contribution is -1.99. The lowest BCUT2D eigenvalue weighted by Gasteiger charge is -2.05. The number of ether oxygens (including phenoxy) is 1. The van der Waals surface area contributed by atoms with Crippen molar-refractivity contribution in [2.75, 3.05) is 6.61 Å². The Kier molecular flexibility index (Phi) is 9.02. The van der Waals surface area contributed by atoms with Gasteiger partial charge in [-0.25, -0.2) is 0 Å². The van der Waals surface area contributed by atoms with E-state index in [2.05, 4.69) is 20.8 Å². The van der Waals surface area contributed by atoms with E-state index in [1.165, 1.54) is 25.7 Å². The normalized spacial score (nSPS) is 11.0. The topological polar surface area (TPSA) is 9.23 Å². The van der Waals surface area contributed by atoms with Crippen LogP contribution in [0.15, 0.2) is 0 Å². The monoisotopic (exact) mass is 171 g/mol. The van der Waals surface area contributed by atoms with Gasteiger partial charge in [0.15, 0.2) is 0 Å². The van der Waals surface area contributed by atoms with Crippen LogP contribution < -0.4 is 0 Å². The molecule has 0 saturated carbocycles. The van der Waals surface area contributed by atoms with Gasteiger partial charge < -0.3 is 4.74 Å². The number of rotatable bonds is 8. The second-order valence-corrected chi connectivity index (χ2v) is 3.74. The van der Waals surface area contributed by atoms with Crippen LogP contribution in [-0.2, 0) is 4.74 Å². The molecule has 12 heavy (non-hydrogen) atoms. The van der Waals surface area contributed by atoms with Crippen molar-refractivity contribution in [3.8, 4) is 0 Å². The van der Waals surface area contributed by atoms with Crippen molar-refractivity contribution in [2.24, 2.45) is 5.92 Å². The summed E-state index contributed by atoms with van der Waals surface area (Å²) in [4.78, 5) is 0. The molecule has 0 heterocycles. The van der Waals surface area contributed by atoms with Crippen molar-refractivity contribution in [3.63, 3.8) is 0 Å². The molecule has 0 aliphatic heterocycles. The van der Waals surface area contributed by atoms with Gasteiger partial charge in [0.2, 0.25) is 0 Å². The van der Waals surface area contributed by atoms with Crippen molar-refractivity contribution in [1.29, 1.82) is 0 Å². The smallest absolute Gasteiger partial charge is 0.0836 e. The number of hydrogen-bond donors (Lipinski definition) is 0. The summed E-state index contributed by atoms with van der Waals surface area (Å²) in [6, 6.07) is 0. The minimum atomic E-state index is 0.650. The molecule has 1 nitrogen and oxygen atoms in total. The molecule has 0 aliphatic rings. The Morgan fingerprint density at radius 2 is 1.92 bits per heavy atom. The average molecular weight is 171 g/mol. The van der Waals surface area contributed by atoms with Gasteiger partial charge in [-0.05, 0) is 12.3 Å². The molecule has 1 heteroatoms. The van der Waals surface area contributed by atoms with E-state index < -0.39 is 0 Å². The molecule has 0 unspecified atom stereocenters. The third kappa shape index (κ3) is 9.96. The van der Waals surface area contributed by atoms with Crippen molar-refractivity contribution < 1.29 is 4.74 Å². The predicted octanol–water partition coefficient (Wildman–Crippen LogP) is 3.79. The maximum Gasteiger partial charge on any atom is 0.0836 e. The Balaban J connectivity index is 2.82. The number of unbranched alkanes of at least 4 members (excludes halogenated alkanes) is 4. The Morgan fingerprint density at radius 1 is 1.17 bits per heavy atom. The summed E-state index contributed by atoms with van der Waals surface area (Å²) < 4.78 is 5.35. The van der Waals surface area contributed by atoms with Crippen LogP contribution in [0.2, 0.25) is 0 Å². The van der Waals surface area contributed by atoms with Crippen LogP contribution in [-0.4, -0.2) is 6.61 Å². The van der Waals surface area contributed by atoms with Gasteiger partial charge in [0.1, 0.15) is 0 Å². The number of hydrogen-bond acceptors (Lipinski definition) is 1. The highest BCUT2D eigenvalue weighted by atomic mass is 16.5. The maximum atomic E-state index is 5.35. The Bertz CT molecular complexity index is 79.1. The summed E-state index contributed by atoms with van der Waals surface area (Å²) >= 11 is 0. The van der Waals surface area contributed by atoms with Gasteiger partial charge in [-0.3, -0.25) is 0 Å². The fraction of sp³-hybridized carbons (Fsp3) is 0.909. The first kappa shape index (κ1) is 12.0. The van der Waals surface area contributed by atoms with Crippen LogP contribution >= 0.6 is 0 Å². The SMILES string of the molecule is CCCCCC[CH]OCC(C)C. The van der Waals surface area contributed by atoms with Crippen LogP contribution in [0.3, 0.4) is 0 Å². The molecule has 0 fully saturated rings. The standard InChI is InChI=1S/C11H23O/c1-4-5-6-7-8-9-12-10-11(2)3/h9,11H,4-8,10H2,1-3H3. The molecular formula is C11H23O. The second kappa shape index (κ2) is 9.05. The fourth-order valence-electron chi connectivity index (χ4n) is 0.998. The molecular weight excluding hydrogens is 148 g/mol. The van der Waals surface area contributed by atoms with E-state index in [1.54, 1.807) is 0 Å². The van der Waals surface area contributed by atoms with E-state index in [1.807, 2.05) is 6.61 Å². The molecule has 0 amide bonds. The summed E-state index contributed by atoms with van der Waals surface area (Å²) in [5.41, 5.74) is 0. The molecule has 73 valence electrons. The quantitative estimate of drug-likeness (QED) is 0.505. The van der Waals surface area contributed by atoms with Gasteiger partial charge in [-0.15, -0.1) is 0 Å². The largest absolute Gasteiger partial charge is 0.375 e. The maximum absolute atomic E-state index is 5.35. The molecule has 1 radical (unpaired) electrons. The molecule has 0 rings (SSSR count). The van der Waals surface area contributed by atoms with E-state index >= 15 is 0 Å². The molecule has 0 aromatic rings. The van der Waals surface area contributed by atoms with E-state index in [-0.39, 0.29) is 0 Å². The van der Waals surface area contributed by atoms with Gasteiger partial charge >= 0.3 is 0 Å². The van der Waals surface area contributed by atoms with Gasteiger partial charge in [0.25, 0.3) is 0 Å². The van der Waals surface area contributed by atoms with Crippen molar-refractivity contribution in [3.05, 3.63) is 6.61 Å². The van der Waals surface area contributed by atoms with Gasteiger partial charge in [0.05, 0.1) is 6.61 Å². The van der Waals surface area contributed by atoms with Crippen LogP contribution in [0, 0.1) is 12.5 Å². The third-order valence-electron chi connectivity index (χ3n) is 1.72. The van der Waals surface area contributed by atoms with Crippen LogP contribution in [0.5, 0.6) is 0 Å². The summed E-state index contributed by atoms with van der Waals surface area (Å²) in [5.74, 6) is 0.650. The molecule has 0 spiro atoms. The molecule has 0 aromatic carbocycles. The van der Waals surface area contributed by atoms with Crippen molar-refractivity contribution in [2.45, 2.75) is 52.9 Å². The lowest BCUT2D eigenvalue weighted by molar-refractivity contribution is 0.160. The molecule has 0 saturated heterocycles. The third-order valence-corrected chi connectivity index (χ3v) is 1.72. The van der Waals surface area contributed by atoms with Crippen LogP contribution in [0.25, 0.3) is 0 Å². The molecule has 0 N–H and O–H groups in total. The van der Waals surface area contributed by atoms with Gasteiger partial charge in [-0.2, -0.15) is 0 Å².